The molecule has 15 heteroatoms. The average molecular weight is 569 g/mol. The van der Waals surface area contributed by atoms with Crippen molar-refractivity contribution < 1.29 is 50.9 Å². The van der Waals surface area contributed by atoms with Crippen LogP contribution in [0.5, 0.6) is 5.75 Å². The number of likely N-dealkylation sites (tertiary alicyclic amines) is 1. The molecule has 1 aromatic carbocycles. The van der Waals surface area contributed by atoms with E-state index in [0.717, 1.165) is 38.3 Å². The highest BCUT2D eigenvalue weighted by Gasteiger charge is 2.38. The predicted octanol–water partition coefficient (Wildman–Crippen LogP) is 3.85. The summed E-state index contributed by atoms with van der Waals surface area (Å²) in [5.74, 6) is -4.59. The molecule has 1 aromatic heterocycles. The molecule has 218 valence electrons. The summed E-state index contributed by atoms with van der Waals surface area (Å²) in [7, 11) is 3.81. The molecule has 9 nitrogen and oxygen atoms in total. The highest BCUT2D eigenvalue weighted by Crippen LogP contribution is 2.25. The van der Waals surface area contributed by atoms with Crippen molar-refractivity contribution in [1.82, 2.24) is 19.6 Å². The minimum Gasteiger partial charge on any atom is -0.497 e. The molecule has 1 fully saturated rings. The topological polar surface area (TPSA) is 108 Å². The lowest BCUT2D eigenvalue weighted by Crippen LogP contribution is -2.31. The zero-order chi connectivity index (χ0) is 29.4. The van der Waals surface area contributed by atoms with Crippen molar-refractivity contribution in [2.45, 2.75) is 51.2 Å². The zero-order valence-electron chi connectivity index (χ0n) is 21.3. The highest BCUT2D eigenvalue weighted by molar-refractivity contribution is 5.73. The number of carboxylic acid groups (broad SMARTS) is 2. The molecule has 2 aromatic rings. The van der Waals surface area contributed by atoms with Crippen LogP contribution >= 0.6 is 0 Å². The van der Waals surface area contributed by atoms with Gasteiger partial charge in [-0.3, -0.25) is 14.5 Å². The first-order chi connectivity index (χ1) is 18.1. The second-order valence-electron chi connectivity index (χ2n) is 8.89. The molecular weight excluding hydrogens is 538 g/mol. The first-order valence-corrected chi connectivity index (χ1v) is 11.8. The van der Waals surface area contributed by atoms with Gasteiger partial charge in [0, 0.05) is 38.8 Å². The molecule has 39 heavy (non-hydrogen) atoms. The molecule has 0 atom stereocenters. The lowest BCUT2D eigenvalue weighted by atomic mass is 10.0. The van der Waals surface area contributed by atoms with E-state index < -0.39 is 24.3 Å². The third-order valence-electron chi connectivity index (χ3n) is 6.03. The second-order valence-corrected chi connectivity index (χ2v) is 8.89. The number of hydrogen-bond donors (Lipinski definition) is 2. The number of nitrogens with zero attached hydrogens (tertiary/aromatic N) is 4. The second kappa shape index (κ2) is 13.6. The van der Waals surface area contributed by atoms with Gasteiger partial charge in [-0.25, -0.2) is 9.59 Å². The van der Waals surface area contributed by atoms with E-state index in [9.17, 15) is 26.3 Å². The lowest BCUT2D eigenvalue weighted by molar-refractivity contribution is -0.193. The van der Waals surface area contributed by atoms with E-state index in [1.54, 1.807) is 7.11 Å². The normalized spacial score (nSPS) is 15.9. The largest absolute Gasteiger partial charge is 0.497 e. The van der Waals surface area contributed by atoms with Gasteiger partial charge in [0.1, 0.15) is 5.75 Å². The van der Waals surface area contributed by atoms with E-state index >= 15 is 0 Å². The molecule has 2 aliphatic heterocycles. The number of aromatic nitrogens is 2. The number of aliphatic carboxylic acids is 2. The third kappa shape index (κ3) is 10.1. The van der Waals surface area contributed by atoms with Gasteiger partial charge in [-0.15, -0.1) is 0 Å². The number of hydrogen-bond acceptors (Lipinski definition) is 6. The van der Waals surface area contributed by atoms with Crippen molar-refractivity contribution in [3.05, 3.63) is 46.8 Å². The summed E-state index contributed by atoms with van der Waals surface area (Å²) in [6, 6.07) is 8.42. The molecular formula is C24H30F6N4O5. The Kier molecular flexibility index (Phi) is 11.2. The third-order valence-corrected chi connectivity index (χ3v) is 6.03. The molecule has 0 saturated carbocycles. The number of alkyl halides is 6. The molecule has 0 bridgehead atoms. The quantitative estimate of drug-likeness (QED) is 0.524. The lowest BCUT2D eigenvalue weighted by Gasteiger charge is -2.28. The summed E-state index contributed by atoms with van der Waals surface area (Å²) < 4.78 is 70.8. The summed E-state index contributed by atoms with van der Waals surface area (Å²) in [6.45, 7) is 6.57. The molecule has 3 heterocycles. The fourth-order valence-corrected chi connectivity index (χ4v) is 4.11. The van der Waals surface area contributed by atoms with Crippen LogP contribution in [0.1, 0.15) is 35.4 Å². The molecule has 0 unspecified atom stereocenters. The minimum atomic E-state index is -5.08. The Morgan fingerprint density at radius 3 is 1.87 bits per heavy atom. The van der Waals surface area contributed by atoms with E-state index in [-0.39, 0.29) is 0 Å². The van der Waals surface area contributed by atoms with Gasteiger partial charge in [0.15, 0.2) is 0 Å². The minimum absolute atomic E-state index is 0.919. The van der Waals surface area contributed by atoms with E-state index in [1.165, 1.54) is 48.4 Å². The monoisotopic (exact) mass is 568 g/mol. The average Bonchev–Trinajstić information content (AvgIpc) is 3.47. The van der Waals surface area contributed by atoms with Crippen molar-refractivity contribution in [3.8, 4) is 5.75 Å². The van der Waals surface area contributed by atoms with Crippen LogP contribution in [0.25, 0.3) is 0 Å². The van der Waals surface area contributed by atoms with Crippen LogP contribution in [-0.4, -0.2) is 80.8 Å². The van der Waals surface area contributed by atoms with Gasteiger partial charge in [-0.1, -0.05) is 12.1 Å². The van der Waals surface area contributed by atoms with Gasteiger partial charge >= 0.3 is 24.3 Å². The molecule has 0 radical (unpaired) electrons. The molecule has 0 amide bonds. The van der Waals surface area contributed by atoms with Gasteiger partial charge in [0.25, 0.3) is 0 Å². The number of methoxy groups -OCH3 is 1. The Bertz CT molecular complexity index is 1070. The Morgan fingerprint density at radius 2 is 1.41 bits per heavy atom. The number of ether oxygens (including phenoxy) is 1. The van der Waals surface area contributed by atoms with Gasteiger partial charge in [0.2, 0.25) is 0 Å². The Balaban J connectivity index is 0.000000317. The SMILES string of the molecule is COc1ccc(CN2CCc3c(CN4CCCC4)nn(C)c3C2)cc1.O=C(O)C(F)(F)F.O=C(O)C(F)(F)F. The van der Waals surface area contributed by atoms with Crippen molar-refractivity contribution >= 4 is 11.9 Å². The van der Waals surface area contributed by atoms with E-state index in [2.05, 4.69) is 33.7 Å². The summed E-state index contributed by atoms with van der Waals surface area (Å²) >= 11 is 0. The Morgan fingerprint density at radius 1 is 0.897 bits per heavy atom. The van der Waals surface area contributed by atoms with Crippen molar-refractivity contribution in [2.75, 3.05) is 26.7 Å². The van der Waals surface area contributed by atoms with Crippen LogP contribution in [0, 0.1) is 0 Å². The van der Waals surface area contributed by atoms with Crippen molar-refractivity contribution in [1.29, 1.82) is 0 Å². The number of halogens is 6. The van der Waals surface area contributed by atoms with Gasteiger partial charge in [-0.05, 0) is 50.0 Å². The van der Waals surface area contributed by atoms with Crippen LogP contribution in [0.3, 0.4) is 0 Å². The smallest absolute Gasteiger partial charge is 0.490 e. The van der Waals surface area contributed by atoms with Gasteiger partial charge in [0.05, 0.1) is 18.5 Å². The van der Waals surface area contributed by atoms with Gasteiger partial charge in [-0.2, -0.15) is 31.4 Å². The first kappa shape index (κ1) is 31.9. The molecule has 0 spiro atoms. The number of carboxylic acids is 2. The van der Waals surface area contributed by atoms with Crippen molar-refractivity contribution in [3.63, 3.8) is 0 Å². The van der Waals surface area contributed by atoms with Crippen LogP contribution in [0.15, 0.2) is 24.3 Å². The maximum absolute atomic E-state index is 10.6. The van der Waals surface area contributed by atoms with E-state index in [1.807, 2.05) is 12.1 Å². The fourth-order valence-electron chi connectivity index (χ4n) is 4.11. The molecule has 2 N–H and O–H groups in total. The maximum Gasteiger partial charge on any atom is 0.490 e. The van der Waals surface area contributed by atoms with Gasteiger partial charge < -0.3 is 14.9 Å². The van der Waals surface area contributed by atoms with Crippen LogP contribution < -0.4 is 4.74 Å². The molecule has 1 saturated heterocycles. The first-order valence-electron chi connectivity index (χ1n) is 11.8. The summed E-state index contributed by atoms with van der Waals surface area (Å²) in [5, 5.41) is 19.1. The zero-order valence-corrected chi connectivity index (χ0v) is 21.3. The highest BCUT2D eigenvalue weighted by atomic mass is 19.4. The maximum atomic E-state index is 10.6. The predicted molar refractivity (Wildman–Crippen MR) is 126 cm³/mol. The van der Waals surface area contributed by atoms with Crippen LogP contribution in [-0.2, 0) is 42.7 Å². The van der Waals surface area contributed by atoms with Crippen molar-refractivity contribution in [2.24, 2.45) is 7.05 Å². The molecule has 2 aliphatic rings. The Hall–Kier alpha value is -3.33. The fraction of sp³-hybridized carbons (Fsp3) is 0.542. The van der Waals surface area contributed by atoms with Crippen LogP contribution in [0.4, 0.5) is 26.3 Å². The molecule has 4 rings (SSSR count). The number of carbonyl (C=O) groups is 2. The van der Waals surface area contributed by atoms with Crippen LogP contribution in [0.2, 0.25) is 0 Å². The van der Waals surface area contributed by atoms with E-state index in [0.29, 0.717) is 0 Å². The molecule has 0 aliphatic carbocycles. The Labute approximate surface area is 220 Å². The number of aryl methyl sites for hydroxylation is 1. The summed E-state index contributed by atoms with van der Waals surface area (Å²) in [5.41, 5.74) is 5.54. The number of fused-ring (bicyclic) bond motifs is 1. The number of benzene rings is 1. The number of rotatable bonds is 5. The van der Waals surface area contributed by atoms with E-state index in [4.69, 9.17) is 29.6 Å². The summed E-state index contributed by atoms with van der Waals surface area (Å²) in [6.07, 6.45) is -6.38. The standard InChI is InChI=1S/C20H28N4O.2C2HF3O2/c1-22-20-15-24(13-16-5-7-17(25-2)8-6-16)12-9-18(20)19(21-22)14-23-10-3-4-11-23;2*3-2(4,5)1(6)7/h5-8H,3-4,9-15H2,1-2H3;2*(H,6,7). The summed E-state index contributed by atoms with van der Waals surface area (Å²) in [4.78, 5) is 22.9.